The van der Waals surface area contributed by atoms with Gasteiger partial charge in [0.1, 0.15) is 0 Å². The zero-order valence-corrected chi connectivity index (χ0v) is 12.7. The Morgan fingerprint density at radius 3 is 2.83 bits per heavy atom. The normalized spacial score (nSPS) is 22.0. The van der Waals surface area contributed by atoms with Crippen LogP contribution in [0.3, 0.4) is 0 Å². The van der Waals surface area contributed by atoms with Crippen LogP contribution >= 0.6 is 27.5 Å². The van der Waals surface area contributed by atoms with Gasteiger partial charge in [-0.15, -0.1) is 11.6 Å². The molecule has 0 spiro atoms. The van der Waals surface area contributed by atoms with Crippen LogP contribution in [0.2, 0.25) is 0 Å². The average molecular weight is 355 g/mol. The summed E-state index contributed by atoms with van der Waals surface area (Å²) in [6.07, 6.45) is -0.238. The van der Waals surface area contributed by atoms with Crippen molar-refractivity contribution in [3.05, 3.63) is 28.7 Å². The number of benzene rings is 1. The van der Waals surface area contributed by atoms with E-state index >= 15 is 0 Å². The van der Waals surface area contributed by atoms with Gasteiger partial charge in [-0.2, -0.15) is 4.31 Å². The predicted octanol–water partition coefficient (Wildman–Crippen LogP) is 2.08. The van der Waals surface area contributed by atoms with E-state index in [1.807, 2.05) is 0 Å². The van der Waals surface area contributed by atoms with Gasteiger partial charge in [0.15, 0.2) is 0 Å². The second-order valence-corrected chi connectivity index (χ2v) is 7.01. The van der Waals surface area contributed by atoms with Crippen LogP contribution in [-0.2, 0) is 14.8 Å². The number of sulfonamides is 1. The van der Waals surface area contributed by atoms with Crippen LogP contribution in [0.5, 0.6) is 0 Å². The maximum Gasteiger partial charge on any atom is 0.244 e. The first-order valence-corrected chi connectivity index (χ1v) is 8.24. The largest absolute Gasteiger partial charge is 0.374 e. The topological polar surface area (TPSA) is 46.6 Å². The summed E-state index contributed by atoms with van der Waals surface area (Å²) in [4.78, 5) is 0.278. The lowest BCUT2D eigenvalue weighted by Gasteiger charge is -2.31. The molecule has 0 radical (unpaired) electrons. The Morgan fingerprint density at radius 1 is 1.44 bits per heavy atom. The van der Waals surface area contributed by atoms with Crippen LogP contribution in [0.4, 0.5) is 0 Å². The summed E-state index contributed by atoms with van der Waals surface area (Å²) < 4.78 is 32.3. The summed E-state index contributed by atoms with van der Waals surface area (Å²) in [5.74, 6) is 0.294. The fourth-order valence-electron chi connectivity index (χ4n) is 1.80. The Labute approximate surface area is 120 Å². The Morgan fingerprint density at radius 2 is 2.17 bits per heavy atom. The number of ether oxygens (including phenoxy) is 1. The monoisotopic (exact) mass is 353 g/mol. The molecule has 100 valence electrons. The Kier molecular flexibility index (Phi) is 4.66. The van der Waals surface area contributed by atoms with Crippen molar-refractivity contribution in [3.8, 4) is 0 Å². The highest BCUT2D eigenvalue weighted by Crippen LogP contribution is 2.26. The molecule has 0 aliphatic carbocycles. The number of nitrogens with zero attached hydrogens (tertiary/aromatic N) is 1. The number of hydrogen-bond acceptors (Lipinski definition) is 3. The molecule has 18 heavy (non-hydrogen) atoms. The molecule has 1 aromatic carbocycles. The summed E-state index contributed by atoms with van der Waals surface area (Å²) in [7, 11) is -3.49. The third kappa shape index (κ3) is 2.88. The van der Waals surface area contributed by atoms with E-state index in [9.17, 15) is 8.42 Å². The SMILES string of the molecule is O=S(=O)(c1ccccc1Br)N1CCOC(CCl)C1. The number of morpholine rings is 1. The zero-order valence-electron chi connectivity index (χ0n) is 9.55. The van der Waals surface area contributed by atoms with Crippen molar-refractivity contribution < 1.29 is 13.2 Å². The molecule has 1 aromatic rings. The van der Waals surface area contributed by atoms with Crippen LogP contribution in [0, 0.1) is 0 Å². The molecule has 0 amide bonds. The molecule has 0 bridgehead atoms. The van der Waals surface area contributed by atoms with Crippen molar-refractivity contribution in [2.45, 2.75) is 11.0 Å². The van der Waals surface area contributed by atoms with E-state index < -0.39 is 10.0 Å². The molecule has 1 aliphatic rings. The zero-order chi connectivity index (χ0) is 13.2. The third-order valence-corrected chi connectivity index (χ3v) is 5.95. The highest BCUT2D eigenvalue weighted by Gasteiger charge is 2.31. The van der Waals surface area contributed by atoms with Crippen LogP contribution in [0.25, 0.3) is 0 Å². The highest BCUT2D eigenvalue weighted by atomic mass is 79.9. The maximum absolute atomic E-state index is 12.5. The summed E-state index contributed by atoms with van der Waals surface area (Å²) >= 11 is 8.99. The van der Waals surface area contributed by atoms with Gasteiger partial charge < -0.3 is 4.74 Å². The van der Waals surface area contributed by atoms with Crippen LogP contribution in [0.1, 0.15) is 0 Å². The second kappa shape index (κ2) is 5.88. The molecule has 7 heteroatoms. The lowest BCUT2D eigenvalue weighted by Crippen LogP contribution is -2.46. The van der Waals surface area contributed by atoms with Crippen LogP contribution in [0.15, 0.2) is 33.6 Å². The van der Waals surface area contributed by atoms with Gasteiger partial charge in [0.25, 0.3) is 0 Å². The first-order valence-electron chi connectivity index (χ1n) is 5.48. The van der Waals surface area contributed by atoms with E-state index in [1.54, 1.807) is 24.3 Å². The smallest absolute Gasteiger partial charge is 0.244 e. The summed E-state index contributed by atoms with van der Waals surface area (Å²) in [6, 6.07) is 6.79. The molecular formula is C11H13BrClNO3S. The molecule has 1 atom stereocenters. The van der Waals surface area contributed by atoms with Crippen molar-refractivity contribution in [1.82, 2.24) is 4.31 Å². The van der Waals surface area contributed by atoms with Gasteiger partial charge in [0.2, 0.25) is 10.0 Å². The van der Waals surface area contributed by atoms with Gasteiger partial charge in [-0.25, -0.2) is 8.42 Å². The van der Waals surface area contributed by atoms with Crippen molar-refractivity contribution in [2.24, 2.45) is 0 Å². The summed E-state index contributed by atoms with van der Waals surface area (Å²) in [5, 5.41) is 0. The van der Waals surface area contributed by atoms with Gasteiger partial charge in [-0.3, -0.25) is 0 Å². The second-order valence-electron chi connectivity index (χ2n) is 3.94. The fraction of sp³-hybridized carbons (Fsp3) is 0.455. The minimum absolute atomic E-state index is 0.238. The number of rotatable bonds is 3. The summed E-state index contributed by atoms with van der Waals surface area (Å²) in [5.41, 5.74) is 0. The van der Waals surface area contributed by atoms with Gasteiger partial charge >= 0.3 is 0 Å². The summed E-state index contributed by atoms with van der Waals surface area (Å²) in [6.45, 7) is 1.03. The first kappa shape index (κ1) is 14.3. The van der Waals surface area contributed by atoms with Gasteiger partial charge in [0.05, 0.1) is 17.6 Å². The molecule has 0 saturated carbocycles. The molecule has 4 nitrogen and oxygen atoms in total. The van der Waals surface area contributed by atoms with Gasteiger partial charge in [-0.1, -0.05) is 12.1 Å². The number of halogens is 2. The maximum atomic E-state index is 12.5. The van der Waals surface area contributed by atoms with Crippen molar-refractivity contribution in [1.29, 1.82) is 0 Å². The minimum Gasteiger partial charge on any atom is -0.374 e. The van der Waals surface area contributed by atoms with E-state index in [-0.39, 0.29) is 11.0 Å². The van der Waals surface area contributed by atoms with Gasteiger partial charge in [0, 0.05) is 23.4 Å². The Balaban J connectivity index is 2.29. The fourth-order valence-corrected chi connectivity index (χ4v) is 4.40. The Bertz CT molecular complexity index is 523. The van der Waals surface area contributed by atoms with E-state index in [4.69, 9.17) is 16.3 Å². The van der Waals surface area contributed by atoms with Crippen molar-refractivity contribution in [2.75, 3.05) is 25.6 Å². The van der Waals surface area contributed by atoms with Crippen LogP contribution < -0.4 is 0 Å². The molecule has 1 unspecified atom stereocenters. The quantitative estimate of drug-likeness (QED) is 0.781. The molecule has 1 saturated heterocycles. The Hall–Kier alpha value is -0.140. The van der Waals surface area contributed by atoms with E-state index in [0.717, 1.165) is 0 Å². The van der Waals surface area contributed by atoms with Crippen LogP contribution in [-0.4, -0.2) is 44.4 Å². The van der Waals surface area contributed by atoms with Crippen molar-refractivity contribution in [3.63, 3.8) is 0 Å². The molecular weight excluding hydrogens is 342 g/mol. The molecule has 0 N–H and O–H groups in total. The molecule has 1 aliphatic heterocycles. The number of alkyl halides is 1. The molecule has 0 aromatic heterocycles. The van der Waals surface area contributed by atoms with E-state index in [0.29, 0.717) is 30.0 Å². The molecule has 2 rings (SSSR count). The highest BCUT2D eigenvalue weighted by molar-refractivity contribution is 9.10. The van der Waals surface area contributed by atoms with E-state index in [1.165, 1.54) is 4.31 Å². The lowest BCUT2D eigenvalue weighted by atomic mass is 10.3. The lowest BCUT2D eigenvalue weighted by molar-refractivity contribution is 0.0122. The van der Waals surface area contributed by atoms with Crippen molar-refractivity contribution >= 4 is 37.6 Å². The predicted molar refractivity (Wildman–Crippen MR) is 73.4 cm³/mol. The van der Waals surface area contributed by atoms with E-state index in [2.05, 4.69) is 15.9 Å². The first-order chi connectivity index (χ1) is 8.55. The number of hydrogen-bond donors (Lipinski definition) is 0. The molecule has 1 heterocycles. The average Bonchev–Trinajstić information content (AvgIpc) is 2.39. The third-order valence-electron chi connectivity index (χ3n) is 2.73. The van der Waals surface area contributed by atoms with Gasteiger partial charge in [-0.05, 0) is 28.1 Å². The minimum atomic E-state index is -3.49. The molecule has 1 fully saturated rings. The standard InChI is InChI=1S/C11H13BrClNO3S/c12-10-3-1-2-4-11(10)18(15,16)14-5-6-17-9(7-13)8-14/h1-4,9H,5-8H2.